The smallest absolute Gasteiger partial charge is 0.338 e. The number of benzene rings is 1. The van der Waals surface area contributed by atoms with Crippen LogP contribution in [0.15, 0.2) is 30.3 Å². The quantitative estimate of drug-likeness (QED) is 0.460. The number of ether oxygens (including phenoxy) is 2. The molecule has 17 heavy (non-hydrogen) atoms. The summed E-state index contributed by atoms with van der Waals surface area (Å²) in [7, 11) is 2.11. The molecule has 1 aromatic rings. The third kappa shape index (κ3) is 3.48. The van der Waals surface area contributed by atoms with Crippen molar-refractivity contribution in [3.63, 3.8) is 0 Å². The molecule has 3 atom stereocenters. The van der Waals surface area contributed by atoms with Crippen molar-refractivity contribution in [3.8, 4) is 0 Å². The summed E-state index contributed by atoms with van der Waals surface area (Å²) in [5.41, 5.74) is 0.504. The third-order valence-electron chi connectivity index (χ3n) is 2.52. The van der Waals surface area contributed by atoms with Gasteiger partial charge in [-0.3, -0.25) is 0 Å². The van der Waals surface area contributed by atoms with Crippen molar-refractivity contribution in [2.24, 2.45) is 0 Å². The van der Waals surface area contributed by atoms with E-state index in [9.17, 15) is 9.18 Å². The molecular formula is C12H14FO3P. The highest BCUT2D eigenvalue weighted by Crippen LogP contribution is 2.48. The summed E-state index contributed by atoms with van der Waals surface area (Å²) in [6.45, 7) is 0.369. The number of hydrogen-bond donors (Lipinski definition) is 0. The normalized spacial score (nSPS) is 26.6. The van der Waals surface area contributed by atoms with Gasteiger partial charge in [0, 0.05) is 6.42 Å². The van der Waals surface area contributed by atoms with Gasteiger partial charge in [-0.25, -0.2) is 9.18 Å². The number of esters is 1. The van der Waals surface area contributed by atoms with Crippen LogP contribution in [0, 0.1) is 0 Å². The first-order chi connectivity index (χ1) is 8.09. The van der Waals surface area contributed by atoms with Gasteiger partial charge in [-0.1, -0.05) is 27.4 Å². The van der Waals surface area contributed by atoms with Crippen molar-refractivity contribution in [1.29, 1.82) is 0 Å². The van der Waals surface area contributed by atoms with E-state index in [1.54, 1.807) is 24.3 Å². The second-order valence-corrected chi connectivity index (χ2v) is 4.95. The van der Waals surface area contributed by atoms with Gasteiger partial charge in [0.25, 0.3) is 0 Å². The minimum Gasteiger partial charge on any atom is -0.460 e. The maximum atomic E-state index is 13.0. The number of rotatable bonds is 5. The minimum absolute atomic E-state index is 0.144. The topological polar surface area (TPSA) is 35.5 Å². The van der Waals surface area contributed by atoms with Crippen molar-refractivity contribution in [1.82, 2.24) is 0 Å². The molecule has 2 rings (SSSR count). The van der Waals surface area contributed by atoms with Crippen LogP contribution in [0.2, 0.25) is 0 Å². The highest BCUT2D eigenvalue weighted by Gasteiger charge is 2.52. The highest BCUT2D eigenvalue weighted by molar-refractivity contribution is 7.19. The summed E-state index contributed by atoms with van der Waals surface area (Å²) in [5.74, 6) is -0.387. The zero-order valence-electron chi connectivity index (χ0n) is 9.27. The van der Waals surface area contributed by atoms with E-state index < -0.39 is 5.41 Å². The first kappa shape index (κ1) is 12.5. The van der Waals surface area contributed by atoms with Crippen LogP contribution < -0.4 is 0 Å². The van der Waals surface area contributed by atoms with Gasteiger partial charge in [-0.2, -0.15) is 0 Å². The Hall–Kier alpha value is -0.990. The maximum Gasteiger partial charge on any atom is 0.338 e. The average molecular weight is 256 g/mol. The molecule has 1 aromatic carbocycles. The van der Waals surface area contributed by atoms with Gasteiger partial charge in [0.1, 0.15) is 6.61 Å². The van der Waals surface area contributed by atoms with E-state index >= 15 is 0 Å². The summed E-state index contributed by atoms with van der Waals surface area (Å²) in [6.07, 6.45) is 0.0209. The van der Waals surface area contributed by atoms with E-state index in [-0.39, 0.29) is 25.3 Å². The molecule has 92 valence electrons. The van der Waals surface area contributed by atoms with E-state index in [4.69, 9.17) is 9.47 Å². The third-order valence-corrected chi connectivity index (χ3v) is 3.13. The standard InChI is InChI=1S/C12H14FO3P/c13-12(17)8-10(12)15-6-7-16-11(14)9-4-2-1-3-5-9/h1-5,10H,6-8,17H2. The maximum absolute atomic E-state index is 13.0. The van der Waals surface area contributed by atoms with Crippen molar-refractivity contribution >= 4 is 15.2 Å². The fourth-order valence-electron chi connectivity index (χ4n) is 1.40. The summed E-state index contributed by atoms with van der Waals surface area (Å²) in [4.78, 5) is 11.5. The van der Waals surface area contributed by atoms with Crippen molar-refractivity contribution in [3.05, 3.63) is 35.9 Å². The SMILES string of the molecule is O=C(OCCOC1CC1(F)P)c1ccccc1. The fourth-order valence-corrected chi connectivity index (χ4v) is 1.72. The van der Waals surface area contributed by atoms with Crippen LogP contribution in [-0.2, 0) is 9.47 Å². The molecule has 0 heterocycles. The number of carbonyl (C=O) groups is 1. The Bertz CT molecular complexity index is 394. The van der Waals surface area contributed by atoms with Crippen molar-refractivity contribution in [2.75, 3.05) is 13.2 Å². The summed E-state index contributed by atoms with van der Waals surface area (Å²) in [5, 5.41) is -1.27. The van der Waals surface area contributed by atoms with E-state index in [1.807, 2.05) is 6.07 Å². The number of carbonyl (C=O) groups excluding carboxylic acids is 1. The summed E-state index contributed by atoms with van der Waals surface area (Å²) >= 11 is 0. The molecule has 0 bridgehead atoms. The van der Waals surface area contributed by atoms with E-state index in [2.05, 4.69) is 9.24 Å². The Labute approximate surface area is 101 Å². The molecule has 0 spiro atoms. The molecule has 1 saturated carbocycles. The molecule has 3 nitrogen and oxygen atoms in total. The van der Waals surface area contributed by atoms with Crippen LogP contribution in [0.25, 0.3) is 0 Å². The Morgan fingerprint density at radius 2 is 2.06 bits per heavy atom. The lowest BCUT2D eigenvalue weighted by atomic mass is 10.2. The van der Waals surface area contributed by atoms with Gasteiger partial charge in [0.15, 0.2) is 5.41 Å². The van der Waals surface area contributed by atoms with Crippen LogP contribution in [0.3, 0.4) is 0 Å². The minimum atomic E-state index is -1.27. The van der Waals surface area contributed by atoms with Gasteiger partial charge >= 0.3 is 5.97 Å². The Balaban J connectivity index is 1.64. The molecule has 0 N–H and O–H groups in total. The lowest BCUT2D eigenvalue weighted by Crippen LogP contribution is -2.13. The largest absolute Gasteiger partial charge is 0.460 e. The molecular weight excluding hydrogens is 242 g/mol. The predicted octanol–water partition coefficient (Wildman–Crippen LogP) is 2.17. The molecule has 0 aromatic heterocycles. The van der Waals surface area contributed by atoms with E-state index in [1.165, 1.54) is 0 Å². The second kappa shape index (κ2) is 5.11. The van der Waals surface area contributed by atoms with Crippen LogP contribution in [0.4, 0.5) is 4.39 Å². The zero-order valence-corrected chi connectivity index (χ0v) is 10.4. The second-order valence-electron chi connectivity index (χ2n) is 3.99. The predicted molar refractivity (Wildman–Crippen MR) is 64.6 cm³/mol. The van der Waals surface area contributed by atoms with Crippen LogP contribution >= 0.6 is 9.24 Å². The van der Waals surface area contributed by atoms with Gasteiger partial charge in [0.2, 0.25) is 0 Å². The van der Waals surface area contributed by atoms with Crippen LogP contribution in [0.1, 0.15) is 16.8 Å². The summed E-state index contributed by atoms with van der Waals surface area (Å²) in [6, 6.07) is 8.72. The van der Waals surface area contributed by atoms with Gasteiger partial charge < -0.3 is 9.47 Å². The molecule has 0 saturated heterocycles. The molecule has 0 amide bonds. The molecule has 0 radical (unpaired) electrons. The van der Waals surface area contributed by atoms with Crippen molar-refractivity contribution < 1.29 is 18.7 Å². The van der Waals surface area contributed by atoms with E-state index in [0.29, 0.717) is 12.0 Å². The lowest BCUT2D eigenvalue weighted by molar-refractivity contribution is 0.0242. The van der Waals surface area contributed by atoms with Gasteiger partial charge in [0.05, 0.1) is 18.3 Å². The number of halogens is 1. The highest BCUT2D eigenvalue weighted by atomic mass is 31.0. The molecule has 0 aliphatic heterocycles. The van der Waals surface area contributed by atoms with Gasteiger partial charge in [-0.15, -0.1) is 0 Å². The van der Waals surface area contributed by atoms with Crippen LogP contribution in [0.5, 0.6) is 0 Å². The number of hydrogen-bond acceptors (Lipinski definition) is 3. The Kier molecular flexibility index (Phi) is 3.75. The molecule has 1 aliphatic carbocycles. The molecule has 1 aliphatic rings. The molecule has 1 fully saturated rings. The average Bonchev–Trinajstić information content (AvgIpc) is 2.93. The molecule has 5 heteroatoms. The number of alkyl halides is 1. The zero-order chi connectivity index (χ0) is 12.3. The monoisotopic (exact) mass is 256 g/mol. The Morgan fingerprint density at radius 3 is 2.65 bits per heavy atom. The first-order valence-corrected chi connectivity index (χ1v) is 5.99. The molecule has 3 unspecified atom stereocenters. The summed E-state index contributed by atoms with van der Waals surface area (Å²) < 4.78 is 23.2. The van der Waals surface area contributed by atoms with E-state index in [0.717, 1.165) is 0 Å². The first-order valence-electron chi connectivity index (χ1n) is 5.41. The lowest BCUT2D eigenvalue weighted by Gasteiger charge is -2.06. The Morgan fingerprint density at radius 1 is 1.41 bits per heavy atom. The van der Waals surface area contributed by atoms with Gasteiger partial charge in [-0.05, 0) is 12.1 Å². The van der Waals surface area contributed by atoms with Crippen molar-refractivity contribution in [2.45, 2.75) is 17.9 Å². The fraction of sp³-hybridized carbons (Fsp3) is 0.417. The van der Waals surface area contributed by atoms with Crippen LogP contribution in [-0.4, -0.2) is 30.7 Å².